The average Bonchev–Trinajstić information content (AvgIpc) is 3.15. The second-order valence-corrected chi connectivity index (χ2v) is 8.63. The van der Waals surface area contributed by atoms with Crippen LogP contribution in [0.5, 0.6) is 0 Å². The van der Waals surface area contributed by atoms with Crippen molar-refractivity contribution in [1.82, 2.24) is 14.2 Å². The minimum absolute atomic E-state index is 0.0867. The van der Waals surface area contributed by atoms with Crippen molar-refractivity contribution in [3.8, 4) is 0 Å². The molecule has 0 bridgehead atoms. The van der Waals surface area contributed by atoms with Crippen molar-refractivity contribution >= 4 is 10.0 Å². The van der Waals surface area contributed by atoms with E-state index < -0.39 is 10.0 Å². The van der Waals surface area contributed by atoms with Crippen LogP contribution in [0, 0.1) is 0 Å². The standard InChI is InChI=1S/C21H23N3O2S/c25-27(26,21-11-5-2-6-12-21)22-14-20-17-23-13-7-10-19(23)16-24(20)15-18-8-3-1-4-9-18/h1-13,20,22H,14-17H2. The van der Waals surface area contributed by atoms with Gasteiger partial charge in [-0.3, -0.25) is 4.90 Å². The molecule has 1 aliphatic rings. The number of hydrogen-bond donors (Lipinski definition) is 1. The Bertz CT molecular complexity index is 985. The van der Waals surface area contributed by atoms with Gasteiger partial charge in [0.05, 0.1) is 4.90 Å². The lowest BCUT2D eigenvalue weighted by Gasteiger charge is -2.37. The largest absolute Gasteiger partial charge is 0.349 e. The van der Waals surface area contributed by atoms with Gasteiger partial charge in [-0.2, -0.15) is 0 Å². The van der Waals surface area contributed by atoms with Gasteiger partial charge in [0.15, 0.2) is 0 Å². The number of aromatic nitrogens is 1. The fraction of sp³-hybridized carbons (Fsp3) is 0.238. The highest BCUT2D eigenvalue weighted by Crippen LogP contribution is 2.21. The van der Waals surface area contributed by atoms with Crippen LogP contribution >= 0.6 is 0 Å². The van der Waals surface area contributed by atoms with Crippen LogP contribution in [-0.2, 0) is 29.7 Å². The molecule has 0 aliphatic carbocycles. The highest BCUT2D eigenvalue weighted by Gasteiger charge is 2.27. The average molecular weight is 382 g/mol. The maximum absolute atomic E-state index is 12.6. The number of sulfonamides is 1. The minimum atomic E-state index is -3.51. The summed E-state index contributed by atoms with van der Waals surface area (Å²) in [6.07, 6.45) is 2.06. The van der Waals surface area contributed by atoms with E-state index in [-0.39, 0.29) is 6.04 Å². The van der Waals surface area contributed by atoms with Gasteiger partial charge in [0.2, 0.25) is 10.0 Å². The van der Waals surface area contributed by atoms with Crippen LogP contribution < -0.4 is 4.72 Å². The molecule has 1 N–H and O–H groups in total. The SMILES string of the molecule is O=S(=O)(NCC1Cn2cccc2CN1Cc1ccccc1)c1ccccc1. The van der Waals surface area contributed by atoms with Gasteiger partial charge >= 0.3 is 0 Å². The lowest BCUT2D eigenvalue weighted by Crippen LogP contribution is -2.48. The van der Waals surface area contributed by atoms with Crippen LogP contribution in [0.3, 0.4) is 0 Å². The zero-order valence-electron chi connectivity index (χ0n) is 15.0. The Hall–Kier alpha value is -2.41. The minimum Gasteiger partial charge on any atom is -0.349 e. The van der Waals surface area contributed by atoms with Gasteiger partial charge in [-0.15, -0.1) is 0 Å². The van der Waals surface area contributed by atoms with Gasteiger partial charge in [0, 0.05) is 44.1 Å². The number of hydrogen-bond acceptors (Lipinski definition) is 3. The molecule has 0 saturated heterocycles. The van der Waals surface area contributed by atoms with Crippen molar-refractivity contribution < 1.29 is 8.42 Å². The fourth-order valence-corrected chi connectivity index (χ4v) is 4.63. The van der Waals surface area contributed by atoms with Gasteiger partial charge < -0.3 is 4.57 Å². The van der Waals surface area contributed by atoms with Crippen LogP contribution in [0.2, 0.25) is 0 Å². The second kappa shape index (κ2) is 7.68. The zero-order chi connectivity index (χ0) is 18.7. The van der Waals surface area contributed by atoms with Crippen molar-refractivity contribution in [3.05, 3.63) is 90.3 Å². The van der Waals surface area contributed by atoms with E-state index in [1.807, 2.05) is 30.3 Å². The van der Waals surface area contributed by atoms with Crippen LogP contribution in [0.1, 0.15) is 11.3 Å². The summed E-state index contributed by atoms with van der Waals surface area (Å²) in [4.78, 5) is 2.65. The molecule has 0 saturated carbocycles. The topological polar surface area (TPSA) is 54.3 Å². The third-order valence-corrected chi connectivity index (χ3v) is 6.44. The molecular weight excluding hydrogens is 358 g/mol. The first-order valence-corrected chi connectivity index (χ1v) is 10.6. The normalized spacial score (nSPS) is 17.6. The van der Waals surface area contributed by atoms with Crippen LogP contribution in [-0.4, -0.2) is 30.5 Å². The number of benzene rings is 2. The zero-order valence-corrected chi connectivity index (χ0v) is 15.8. The summed E-state index contributed by atoms with van der Waals surface area (Å²) >= 11 is 0. The van der Waals surface area contributed by atoms with E-state index in [0.717, 1.165) is 19.6 Å². The molecule has 27 heavy (non-hydrogen) atoms. The maximum atomic E-state index is 12.6. The predicted molar refractivity (Wildman–Crippen MR) is 106 cm³/mol. The molecule has 1 aliphatic heterocycles. The van der Waals surface area contributed by atoms with E-state index in [9.17, 15) is 8.42 Å². The molecule has 6 heteroatoms. The molecule has 4 rings (SSSR count). The third kappa shape index (κ3) is 4.13. The Morgan fingerprint density at radius 1 is 0.926 bits per heavy atom. The third-order valence-electron chi connectivity index (χ3n) is 5.00. The van der Waals surface area contributed by atoms with E-state index in [0.29, 0.717) is 11.4 Å². The van der Waals surface area contributed by atoms with Gasteiger partial charge in [-0.1, -0.05) is 48.5 Å². The van der Waals surface area contributed by atoms with Crippen molar-refractivity contribution in [1.29, 1.82) is 0 Å². The van der Waals surface area contributed by atoms with Crippen LogP contribution in [0.25, 0.3) is 0 Å². The quantitative estimate of drug-likeness (QED) is 0.714. The molecule has 0 fully saturated rings. The first-order valence-electron chi connectivity index (χ1n) is 9.08. The first kappa shape index (κ1) is 18.0. The maximum Gasteiger partial charge on any atom is 0.240 e. The summed E-state index contributed by atoms with van der Waals surface area (Å²) in [5.41, 5.74) is 2.49. The predicted octanol–water partition coefficient (Wildman–Crippen LogP) is 2.85. The molecule has 0 amide bonds. The Labute approximate surface area is 160 Å². The highest BCUT2D eigenvalue weighted by atomic mass is 32.2. The van der Waals surface area contributed by atoms with Gasteiger partial charge in [-0.25, -0.2) is 13.1 Å². The molecule has 140 valence electrons. The van der Waals surface area contributed by atoms with Gasteiger partial charge in [0.1, 0.15) is 0 Å². The summed E-state index contributed by atoms with van der Waals surface area (Å²) in [6.45, 7) is 2.75. The number of fused-ring (bicyclic) bond motifs is 1. The van der Waals surface area contributed by atoms with E-state index >= 15 is 0 Å². The van der Waals surface area contributed by atoms with Gasteiger partial charge in [-0.05, 0) is 29.8 Å². The molecule has 0 radical (unpaired) electrons. The lowest BCUT2D eigenvalue weighted by molar-refractivity contribution is 0.133. The van der Waals surface area contributed by atoms with E-state index in [4.69, 9.17) is 0 Å². The second-order valence-electron chi connectivity index (χ2n) is 6.86. The molecule has 1 unspecified atom stereocenters. The van der Waals surface area contributed by atoms with E-state index in [1.54, 1.807) is 24.3 Å². The summed E-state index contributed by atoms with van der Waals surface area (Å²) in [5.74, 6) is 0. The van der Waals surface area contributed by atoms with Crippen molar-refractivity contribution in [2.45, 2.75) is 30.6 Å². The fourth-order valence-electron chi connectivity index (χ4n) is 3.54. The molecule has 1 aromatic heterocycles. The molecule has 3 aromatic rings. The monoisotopic (exact) mass is 381 g/mol. The molecule has 5 nitrogen and oxygen atoms in total. The summed E-state index contributed by atoms with van der Waals surface area (Å²) in [5, 5.41) is 0. The molecule has 2 heterocycles. The van der Waals surface area contributed by atoms with Crippen LogP contribution in [0.4, 0.5) is 0 Å². The Morgan fingerprint density at radius 2 is 1.63 bits per heavy atom. The molecule has 0 spiro atoms. The Kier molecular flexibility index (Phi) is 5.11. The number of nitrogens with zero attached hydrogens (tertiary/aromatic N) is 2. The van der Waals surface area contributed by atoms with E-state index in [2.05, 4.69) is 38.6 Å². The first-order chi connectivity index (χ1) is 13.1. The van der Waals surface area contributed by atoms with Crippen molar-refractivity contribution in [2.24, 2.45) is 0 Å². The van der Waals surface area contributed by atoms with Crippen LogP contribution in [0.15, 0.2) is 83.9 Å². The smallest absolute Gasteiger partial charge is 0.240 e. The van der Waals surface area contributed by atoms with Crippen molar-refractivity contribution in [2.75, 3.05) is 6.54 Å². The van der Waals surface area contributed by atoms with E-state index in [1.165, 1.54) is 11.3 Å². The molecule has 2 aromatic carbocycles. The molecular formula is C21H23N3O2S. The Morgan fingerprint density at radius 3 is 2.37 bits per heavy atom. The number of nitrogens with one attached hydrogen (secondary N) is 1. The molecule has 1 atom stereocenters. The lowest BCUT2D eigenvalue weighted by atomic mass is 10.1. The van der Waals surface area contributed by atoms with Crippen molar-refractivity contribution in [3.63, 3.8) is 0 Å². The summed E-state index contributed by atoms with van der Waals surface area (Å²) in [7, 11) is -3.51. The summed E-state index contributed by atoms with van der Waals surface area (Å²) < 4.78 is 30.2. The summed E-state index contributed by atoms with van der Waals surface area (Å²) in [6, 6.07) is 23.1. The Balaban J connectivity index is 1.51. The van der Waals surface area contributed by atoms with Gasteiger partial charge in [0.25, 0.3) is 0 Å². The highest BCUT2D eigenvalue weighted by molar-refractivity contribution is 7.89. The number of rotatable bonds is 6.